The molecule has 0 rings (SSSR count). The van der Waals surface area contributed by atoms with Gasteiger partial charge in [-0.25, -0.2) is 4.57 Å². The van der Waals surface area contributed by atoms with E-state index >= 15 is 0 Å². The number of unbranched alkanes of at least 4 members (excludes halogenated alkanes) is 24. The highest BCUT2D eigenvalue weighted by molar-refractivity contribution is 7.47. The fourth-order valence-electron chi connectivity index (χ4n) is 5.58. The van der Waals surface area contributed by atoms with Crippen LogP contribution in [0.4, 0.5) is 0 Å². The normalized spacial score (nSPS) is 13.4. The van der Waals surface area contributed by atoms with Gasteiger partial charge in [0.05, 0.1) is 13.2 Å². The molecule has 0 radical (unpaired) electrons. The van der Waals surface area contributed by atoms with Crippen LogP contribution in [-0.2, 0) is 32.7 Å². The zero-order valence-corrected chi connectivity index (χ0v) is 31.4. The number of hydrogen-bond donors (Lipinski definition) is 2. The third kappa shape index (κ3) is 34.7. The lowest BCUT2D eigenvalue weighted by Gasteiger charge is -2.19. The number of nitrogens with two attached hydrogens (primary N) is 1. The Morgan fingerprint density at radius 2 is 0.915 bits per heavy atom. The fraction of sp³-hybridized carbons (Fsp3) is 0.946. The Morgan fingerprint density at radius 3 is 1.30 bits per heavy atom. The standard InChI is InChI=1S/C37H74NO8P/c1-3-5-7-9-11-13-15-17-18-20-21-23-25-27-29-36(39)43-33-35(34-45-47(41,42)44-32-31-38)46-37(40)30-28-26-24-22-19-16-14-12-10-8-6-4-2/h35H,3-34,38H2,1-2H3,(H,41,42)/t35-/m1/s1. The molecule has 47 heavy (non-hydrogen) atoms. The maximum absolute atomic E-state index is 12.5. The van der Waals surface area contributed by atoms with Gasteiger partial charge in [0.2, 0.25) is 0 Å². The van der Waals surface area contributed by atoms with Gasteiger partial charge in [-0.05, 0) is 12.8 Å². The van der Waals surface area contributed by atoms with Crippen LogP contribution in [0.3, 0.4) is 0 Å². The van der Waals surface area contributed by atoms with Gasteiger partial charge in [0.25, 0.3) is 0 Å². The first kappa shape index (κ1) is 46.0. The van der Waals surface area contributed by atoms with E-state index in [0.29, 0.717) is 6.42 Å². The van der Waals surface area contributed by atoms with Crippen molar-refractivity contribution >= 4 is 19.8 Å². The van der Waals surface area contributed by atoms with E-state index in [9.17, 15) is 19.0 Å². The van der Waals surface area contributed by atoms with Crippen LogP contribution in [0, 0.1) is 0 Å². The summed E-state index contributed by atoms with van der Waals surface area (Å²) in [7, 11) is -4.36. The van der Waals surface area contributed by atoms with Crippen LogP contribution in [0.15, 0.2) is 0 Å². The van der Waals surface area contributed by atoms with Crippen LogP contribution in [0.2, 0.25) is 0 Å². The van der Waals surface area contributed by atoms with Gasteiger partial charge in [0.1, 0.15) is 6.61 Å². The average Bonchev–Trinajstić information content (AvgIpc) is 3.05. The van der Waals surface area contributed by atoms with Crippen LogP contribution in [-0.4, -0.2) is 49.3 Å². The molecule has 1 unspecified atom stereocenters. The summed E-state index contributed by atoms with van der Waals surface area (Å²) in [6.45, 7) is 3.74. The summed E-state index contributed by atoms with van der Waals surface area (Å²) in [6, 6.07) is 0. The van der Waals surface area contributed by atoms with Gasteiger partial charge in [0, 0.05) is 19.4 Å². The van der Waals surface area contributed by atoms with E-state index in [0.717, 1.165) is 32.1 Å². The Morgan fingerprint density at radius 1 is 0.553 bits per heavy atom. The van der Waals surface area contributed by atoms with Crippen LogP contribution in [0.1, 0.15) is 194 Å². The molecular formula is C37H74NO8P. The Bertz CT molecular complexity index is 754. The molecule has 2 atom stereocenters. The van der Waals surface area contributed by atoms with Crippen molar-refractivity contribution in [1.82, 2.24) is 0 Å². The molecule has 0 aliphatic heterocycles. The third-order valence-corrected chi connectivity index (χ3v) is 9.48. The second kappa shape index (κ2) is 34.9. The van der Waals surface area contributed by atoms with Crippen molar-refractivity contribution in [3.8, 4) is 0 Å². The van der Waals surface area contributed by atoms with E-state index in [4.69, 9.17) is 24.3 Å². The van der Waals surface area contributed by atoms with E-state index < -0.39 is 26.5 Å². The summed E-state index contributed by atoms with van der Waals surface area (Å²) in [5, 5.41) is 0. The van der Waals surface area contributed by atoms with Crippen LogP contribution in [0.25, 0.3) is 0 Å². The predicted octanol–water partition coefficient (Wildman–Crippen LogP) is 10.5. The topological polar surface area (TPSA) is 134 Å². The molecule has 0 spiro atoms. The molecule has 0 aliphatic carbocycles. The summed E-state index contributed by atoms with van der Waals surface area (Å²) in [5.41, 5.74) is 5.33. The lowest BCUT2D eigenvalue weighted by molar-refractivity contribution is -0.161. The molecule has 9 nitrogen and oxygen atoms in total. The number of phosphoric acid groups is 1. The summed E-state index contributed by atoms with van der Waals surface area (Å²) in [4.78, 5) is 34.7. The molecule has 0 aromatic carbocycles. The second-order valence-electron chi connectivity index (χ2n) is 13.2. The van der Waals surface area contributed by atoms with E-state index in [1.54, 1.807) is 0 Å². The Labute approximate surface area is 288 Å². The molecule has 10 heteroatoms. The van der Waals surface area contributed by atoms with Gasteiger partial charge in [-0.1, -0.05) is 168 Å². The van der Waals surface area contributed by atoms with Crippen molar-refractivity contribution in [2.75, 3.05) is 26.4 Å². The molecule has 280 valence electrons. The molecule has 0 fully saturated rings. The fourth-order valence-corrected chi connectivity index (χ4v) is 6.34. The Balaban J connectivity index is 4.17. The number of hydrogen-bond acceptors (Lipinski definition) is 8. The molecule has 0 heterocycles. The monoisotopic (exact) mass is 692 g/mol. The van der Waals surface area contributed by atoms with Crippen molar-refractivity contribution in [3.63, 3.8) is 0 Å². The van der Waals surface area contributed by atoms with Gasteiger partial charge < -0.3 is 20.1 Å². The molecular weight excluding hydrogens is 617 g/mol. The number of carbonyl (C=O) groups excluding carboxylic acids is 2. The van der Waals surface area contributed by atoms with Gasteiger partial charge >= 0.3 is 19.8 Å². The zero-order chi connectivity index (χ0) is 34.7. The second-order valence-corrected chi connectivity index (χ2v) is 14.6. The molecule has 0 aliphatic rings. The summed E-state index contributed by atoms with van der Waals surface area (Å²) in [6.07, 6.45) is 31.3. The molecule has 3 N–H and O–H groups in total. The Kier molecular flexibility index (Phi) is 34.1. The quantitative estimate of drug-likeness (QED) is 0.0371. The highest BCUT2D eigenvalue weighted by atomic mass is 31.2. The molecule has 0 bridgehead atoms. The van der Waals surface area contributed by atoms with Crippen molar-refractivity contribution in [2.24, 2.45) is 5.73 Å². The van der Waals surface area contributed by atoms with Crippen LogP contribution >= 0.6 is 7.82 Å². The SMILES string of the molecule is CCCCCCCCCCCCCCCCC(=O)OC[C@H](COP(=O)(O)OCCN)OC(=O)CCCCCCCCCCCCCC. The van der Waals surface area contributed by atoms with Crippen LogP contribution < -0.4 is 5.73 Å². The van der Waals surface area contributed by atoms with Crippen molar-refractivity contribution < 1.29 is 37.6 Å². The van der Waals surface area contributed by atoms with E-state index in [2.05, 4.69) is 13.8 Å². The summed E-state index contributed by atoms with van der Waals surface area (Å²) in [5.74, 6) is -0.818. The van der Waals surface area contributed by atoms with E-state index in [1.165, 1.54) is 128 Å². The first-order valence-corrected chi connectivity index (χ1v) is 21.0. The first-order chi connectivity index (χ1) is 22.8. The smallest absolute Gasteiger partial charge is 0.462 e. The first-order valence-electron chi connectivity index (χ1n) is 19.5. The highest BCUT2D eigenvalue weighted by Crippen LogP contribution is 2.43. The minimum Gasteiger partial charge on any atom is -0.462 e. The molecule has 0 saturated heterocycles. The van der Waals surface area contributed by atoms with Crippen molar-refractivity contribution in [3.05, 3.63) is 0 Å². The number of esters is 2. The minimum absolute atomic E-state index is 0.0578. The predicted molar refractivity (Wildman–Crippen MR) is 192 cm³/mol. The maximum atomic E-state index is 12.5. The van der Waals surface area contributed by atoms with Gasteiger partial charge in [-0.2, -0.15) is 0 Å². The number of phosphoric ester groups is 1. The molecule has 0 aromatic rings. The van der Waals surface area contributed by atoms with E-state index in [-0.39, 0.29) is 38.6 Å². The maximum Gasteiger partial charge on any atom is 0.472 e. The lowest BCUT2D eigenvalue weighted by Crippen LogP contribution is -2.29. The number of rotatable bonds is 37. The van der Waals surface area contributed by atoms with Gasteiger partial charge in [-0.3, -0.25) is 18.6 Å². The van der Waals surface area contributed by atoms with Crippen molar-refractivity contribution in [2.45, 2.75) is 200 Å². The largest absolute Gasteiger partial charge is 0.472 e. The summed E-state index contributed by atoms with van der Waals surface area (Å²) < 4.78 is 32.6. The summed E-state index contributed by atoms with van der Waals surface area (Å²) >= 11 is 0. The minimum atomic E-state index is -4.36. The van der Waals surface area contributed by atoms with Crippen LogP contribution in [0.5, 0.6) is 0 Å². The third-order valence-electron chi connectivity index (χ3n) is 8.49. The van der Waals surface area contributed by atoms with Gasteiger partial charge in [0.15, 0.2) is 6.10 Å². The van der Waals surface area contributed by atoms with Crippen molar-refractivity contribution in [1.29, 1.82) is 0 Å². The molecule has 0 aromatic heterocycles. The van der Waals surface area contributed by atoms with Gasteiger partial charge in [-0.15, -0.1) is 0 Å². The highest BCUT2D eigenvalue weighted by Gasteiger charge is 2.26. The average molecular weight is 692 g/mol. The Hall–Kier alpha value is -0.990. The molecule has 0 amide bonds. The zero-order valence-electron chi connectivity index (χ0n) is 30.5. The van der Waals surface area contributed by atoms with E-state index in [1.807, 2.05) is 0 Å². The molecule has 0 saturated carbocycles. The number of carbonyl (C=O) groups is 2. The number of ether oxygens (including phenoxy) is 2. The lowest BCUT2D eigenvalue weighted by atomic mass is 10.0.